The number of aliphatic hydroxyl groups is 23. The van der Waals surface area contributed by atoms with E-state index in [4.69, 9.17) is 71.1 Å². The van der Waals surface area contributed by atoms with Gasteiger partial charge in [-0.2, -0.15) is 0 Å². The van der Waals surface area contributed by atoms with Gasteiger partial charge in [0.15, 0.2) is 50.3 Å². The van der Waals surface area contributed by atoms with E-state index >= 15 is 0 Å². The number of nitrogens with one attached hydrogen (secondary N) is 3. The first-order valence-corrected chi connectivity index (χ1v) is 31.1. The van der Waals surface area contributed by atoms with Crippen LogP contribution in [0.2, 0.25) is 0 Å². The smallest absolute Gasteiger partial charge is 0.217 e. The summed E-state index contributed by atoms with van der Waals surface area (Å²) in [6.07, 6.45) is -73.0. The number of hydrogen-bond donors (Lipinski definition) is 26. The summed E-state index contributed by atoms with van der Waals surface area (Å²) in [5.74, 6) is -2.66. The zero-order valence-electron chi connectivity index (χ0n) is 52.4. The molecule has 8 aliphatic rings. The van der Waals surface area contributed by atoms with Gasteiger partial charge in [-0.05, 0) is 0 Å². The number of amides is 3. The van der Waals surface area contributed by atoms with Crippen LogP contribution in [0.25, 0.3) is 0 Å². The molecule has 8 aliphatic heterocycles. The Kier molecular flexibility index (Phi) is 28.9. The maximum atomic E-state index is 12.9. The Labute approximate surface area is 554 Å². The minimum atomic E-state index is -2.34. The van der Waals surface area contributed by atoms with Crippen molar-refractivity contribution in [2.45, 2.75) is 266 Å². The summed E-state index contributed by atoms with van der Waals surface area (Å²) < 4.78 is 86.6. The highest BCUT2D eigenvalue weighted by Gasteiger charge is 2.59. The predicted octanol–water partition coefficient (Wildman–Crippen LogP) is -18.0. The zero-order chi connectivity index (χ0) is 72.2. The van der Waals surface area contributed by atoms with E-state index in [0.29, 0.717) is 0 Å². The van der Waals surface area contributed by atoms with E-state index in [1.54, 1.807) is 0 Å². The lowest BCUT2D eigenvalue weighted by Crippen LogP contribution is -2.70. The lowest BCUT2D eigenvalue weighted by atomic mass is 9.94. The van der Waals surface area contributed by atoms with Gasteiger partial charge in [0.05, 0.1) is 52.9 Å². The van der Waals surface area contributed by atoms with Crippen molar-refractivity contribution in [1.29, 1.82) is 0 Å². The fraction of sp³-hybridized carbons (Fsp3) is 0.944. The SMILES string of the molecule is CC(=O)N[C@H]1[C@H](O[C@H]2[C@@H](O)[C@@H](CO)O[C@@H](O[C@H]3[C@H](O)[C@@H](NC(C)=O)[C@H](OC[C@H]4O[C@@H](O[C@H]5[C@H](O)[C@@H](O)C(O)O[C@@H]5CO)[C@H](O)[C@@H](O[C@@H]5O[C@H](CO[C@@H]6O[C@H](CO)[C@H](O)[C@H](O)[C@H]6O)[C@@H](O)[C@H](O)[C@H]5NC(C)=O)[C@H]4O)O[C@@H]3CO)[C@@H]2O)O[C@H](CO)[C@@H](OC2O[C@H](CO)[C@H](O)[C@H](O)[C@H]2O)[C@@H]1O. The normalized spacial score (nSPS) is 49.5. The molecule has 0 saturated carbocycles. The number of ether oxygens (including phenoxy) is 15. The Morgan fingerprint density at radius 3 is 0.990 bits per heavy atom. The first-order valence-electron chi connectivity index (χ1n) is 31.1. The van der Waals surface area contributed by atoms with Crippen LogP contribution in [-0.4, -0.2) is 433 Å². The average molecular weight is 1440 g/mol. The second kappa shape index (κ2) is 35.1. The molecule has 26 N–H and O–H groups in total. The van der Waals surface area contributed by atoms with Crippen molar-refractivity contribution in [2.75, 3.05) is 52.9 Å². The average Bonchev–Trinajstić information content (AvgIpc) is 0.774. The Morgan fingerprint density at radius 2 is 0.551 bits per heavy atom. The summed E-state index contributed by atoms with van der Waals surface area (Å²) >= 11 is 0. The Morgan fingerprint density at radius 1 is 0.265 bits per heavy atom. The quantitative estimate of drug-likeness (QED) is 0.0404. The molecule has 0 spiro atoms. The maximum Gasteiger partial charge on any atom is 0.217 e. The largest absolute Gasteiger partial charge is 0.394 e. The number of rotatable bonds is 25. The molecule has 3 amide bonds. The molecule has 8 fully saturated rings. The van der Waals surface area contributed by atoms with Crippen LogP contribution in [0.4, 0.5) is 0 Å². The number of aliphatic hydroxyl groups excluding tert-OH is 23. The van der Waals surface area contributed by atoms with Gasteiger partial charge in [0.25, 0.3) is 0 Å². The lowest BCUT2D eigenvalue weighted by molar-refractivity contribution is -0.383. The molecule has 8 saturated heterocycles. The van der Waals surface area contributed by atoms with Crippen molar-refractivity contribution < 1.29 is 203 Å². The Balaban J connectivity index is 1.02. The van der Waals surface area contributed by atoms with Crippen molar-refractivity contribution in [3.63, 3.8) is 0 Å². The van der Waals surface area contributed by atoms with E-state index in [9.17, 15) is 132 Å². The molecule has 40 atom stereocenters. The van der Waals surface area contributed by atoms with Crippen LogP contribution in [-0.2, 0) is 85.4 Å². The van der Waals surface area contributed by atoms with Crippen molar-refractivity contribution in [3.8, 4) is 0 Å². The van der Waals surface area contributed by atoms with Crippen molar-refractivity contribution in [3.05, 3.63) is 0 Å². The Bertz CT molecular complexity index is 2510. The summed E-state index contributed by atoms with van der Waals surface area (Å²) in [6.45, 7) is -5.01. The van der Waals surface area contributed by atoms with E-state index in [2.05, 4.69) is 16.0 Å². The van der Waals surface area contributed by atoms with Gasteiger partial charge in [0.2, 0.25) is 17.7 Å². The van der Waals surface area contributed by atoms with Gasteiger partial charge in [-0.15, -0.1) is 0 Å². The van der Waals surface area contributed by atoms with Crippen LogP contribution >= 0.6 is 0 Å². The molecule has 0 aromatic carbocycles. The maximum absolute atomic E-state index is 12.9. The second-order valence-electron chi connectivity index (χ2n) is 24.7. The van der Waals surface area contributed by atoms with E-state index < -0.39 is 316 Å². The topological polar surface area (TPSA) is 691 Å². The van der Waals surface area contributed by atoms with Gasteiger partial charge >= 0.3 is 0 Å². The van der Waals surface area contributed by atoms with Crippen LogP contribution in [0.15, 0.2) is 0 Å². The summed E-state index contributed by atoms with van der Waals surface area (Å²) in [5, 5.41) is 257. The fourth-order valence-corrected chi connectivity index (χ4v) is 12.5. The molecular formula is C54H91N3O41. The van der Waals surface area contributed by atoms with Gasteiger partial charge in [0.1, 0.15) is 195 Å². The van der Waals surface area contributed by atoms with Crippen LogP contribution < -0.4 is 16.0 Å². The minimum Gasteiger partial charge on any atom is -0.394 e. The monoisotopic (exact) mass is 1440 g/mol. The molecule has 98 heavy (non-hydrogen) atoms. The van der Waals surface area contributed by atoms with E-state index in [1.165, 1.54) is 0 Å². The first kappa shape index (κ1) is 80.6. The second-order valence-corrected chi connectivity index (χ2v) is 24.7. The molecular weight excluding hydrogens is 1350 g/mol. The Hall–Kier alpha value is -3.11. The summed E-state index contributed by atoms with van der Waals surface area (Å²) in [5.41, 5.74) is 0. The van der Waals surface area contributed by atoms with Gasteiger partial charge < -0.3 is 204 Å². The van der Waals surface area contributed by atoms with Crippen LogP contribution in [0.3, 0.4) is 0 Å². The van der Waals surface area contributed by atoms with Gasteiger partial charge in [-0.25, -0.2) is 0 Å². The molecule has 0 aromatic rings. The molecule has 568 valence electrons. The van der Waals surface area contributed by atoms with E-state index in [0.717, 1.165) is 20.8 Å². The van der Waals surface area contributed by atoms with Gasteiger partial charge in [0, 0.05) is 20.8 Å². The highest BCUT2D eigenvalue weighted by Crippen LogP contribution is 2.38. The van der Waals surface area contributed by atoms with E-state index in [-0.39, 0.29) is 0 Å². The first-order chi connectivity index (χ1) is 46.3. The molecule has 0 aromatic heterocycles. The molecule has 0 radical (unpaired) electrons. The van der Waals surface area contributed by atoms with Crippen LogP contribution in [0.5, 0.6) is 0 Å². The molecule has 8 rings (SSSR count). The zero-order valence-corrected chi connectivity index (χ0v) is 52.4. The molecule has 44 heteroatoms. The molecule has 0 bridgehead atoms. The molecule has 0 aliphatic carbocycles. The number of carbonyl (C=O) groups is 3. The van der Waals surface area contributed by atoms with Crippen LogP contribution in [0, 0.1) is 0 Å². The van der Waals surface area contributed by atoms with Gasteiger partial charge in [-0.3, -0.25) is 14.4 Å². The molecule has 8 heterocycles. The van der Waals surface area contributed by atoms with Crippen molar-refractivity contribution >= 4 is 17.7 Å². The van der Waals surface area contributed by atoms with E-state index in [1.807, 2.05) is 0 Å². The fourth-order valence-electron chi connectivity index (χ4n) is 12.5. The highest BCUT2D eigenvalue weighted by molar-refractivity contribution is 5.74. The minimum absolute atomic E-state index is 0.866. The summed E-state index contributed by atoms with van der Waals surface area (Å²) in [7, 11) is 0. The summed E-state index contributed by atoms with van der Waals surface area (Å²) in [4.78, 5) is 38.1. The highest BCUT2D eigenvalue weighted by atomic mass is 16.8. The standard InChI is InChI=1S/C54H91N3O41/c1-12(64)55-23-31(72)28(69)21(10-85-51-38(79)34(75)26(67)15(4-58)87-51)92-49(23)98-46-30(71)22(93-54(41(46)82)96-44-18(7-61)86-47(83)37(78)36(44)77)11-84-48-24(56-13(2)65)32(73)42(19(8-62)90-48)95-53-40(81)45(29(70)17(6-60)89-53)97-50-25(57-14(3)66)33(74)43(20(9-63)91-50)94-52-39(80)35(76)27(68)16(5-59)88-52/h15-54,58-63,67-83H,4-11H2,1-3H3,(H,55,64)(H,56,65)(H,57,66)/t15-,16-,17-,18-,19-,20-,21-,22-,23-,24-,25-,26+,27+,28-,29+,30+,31-,32-,33-,34+,35+,36-,37-,38-,39-,40-,41-,42-,43-,44-,45+,46+,47?,48-,49+,50+,51-,52?,53+,54+/m1/s1. The third-order valence-electron chi connectivity index (χ3n) is 17.8. The lowest BCUT2D eigenvalue weighted by Gasteiger charge is -2.50. The summed E-state index contributed by atoms with van der Waals surface area (Å²) in [6, 6.07) is -5.46. The third-order valence-corrected chi connectivity index (χ3v) is 17.8. The van der Waals surface area contributed by atoms with Crippen LogP contribution in [0.1, 0.15) is 20.8 Å². The van der Waals surface area contributed by atoms with Crippen molar-refractivity contribution in [2.24, 2.45) is 0 Å². The number of hydrogen-bond acceptors (Lipinski definition) is 41. The predicted molar refractivity (Wildman–Crippen MR) is 299 cm³/mol. The number of carbonyl (C=O) groups excluding carboxylic acids is 3. The molecule has 2 unspecified atom stereocenters. The third kappa shape index (κ3) is 17.6. The molecule has 44 nitrogen and oxygen atoms in total. The van der Waals surface area contributed by atoms with Crippen molar-refractivity contribution in [1.82, 2.24) is 16.0 Å². The van der Waals surface area contributed by atoms with Gasteiger partial charge in [-0.1, -0.05) is 0 Å².